The summed E-state index contributed by atoms with van der Waals surface area (Å²) in [5.74, 6) is 0.0560. The van der Waals surface area contributed by atoms with Crippen molar-refractivity contribution in [2.45, 2.75) is 24.9 Å². The van der Waals surface area contributed by atoms with Crippen molar-refractivity contribution >= 4 is 12.0 Å². The van der Waals surface area contributed by atoms with Crippen molar-refractivity contribution in [2.75, 3.05) is 0 Å². The molecule has 2 atom stereocenters. The fourth-order valence-electron chi connectivity index (χ4n) is 3.08. The van der Waals surface area contributed by atoms with Crippen molar-refractivity contribution in [3.63, 3.8) is 0 Å². The molecule has 0 spiro atoms. The van der Waals surface area contributed by atoms with Gasteiger partial charge in [-0.1, -0.05) is 12.1 Å². The number of likely N-dealkylation sites (tertiary alicyclic amines) is 1. The lowest BCUT2D eigenvalue weighted by Gasteiger charge is -2.26. The molecule has 1 heterocycles. The quantitative estimate of drug-likeness (QED) is 0.890. The molecule has 7 heteroatoms. The number of rotatable bonds is 4. The van der Waals surface area contributed by atoms with Crippen LogP contribution in [-0.4, -0.2) is 28.0 Å². The molecule has 0 saturated carbocycles. The van der Waals surface area contributed by atoms with Crippen LogP contribution in [0.3, 0.4) is 0 Å². The molecule has 0 aliphatic carbocycles. The zero-order chi connectivity index (χ0) is 18.0. The predicted octanol–water partition coefficient (Wildman–Crippen LogP) is 3.29. The standard InChI is InChI=1S/C18H17FN2O4/c19-12-3-7-14(8-4-12)25-13-5-1-11(2-6-13)15-9-10-16(17(20)22)21(15)18(23)24/h1-8,15-16H,9-10H2,(H2,20,22)(H,23,24)/t15-,16+/m1/s1. The van der Waals surface area contributed by atoms with Gasteiger partial charge in [0.15, 0.2) is 0 Å². The van der Waals surface area contributed by atoms with Crippen LogP contribution in [0.25, 0.3) is 0 Å². The molecule has 2 amide bonds. The van der Waals surface area contributed by atoms with Crippen molar-refractivity contribution < 1.29 is 23.8 Å². The van der Waals surface area contributed by atoms with E-state index < -0.39 is 24.1 Å². The molecule has 2 aromatic carbocycles. The third kappa shape index (κ3) is 3.55. The van der Waals surface area contributed by atoms with Crippen LogP contribution < -0.4 is 10.5 Å². The second-order valence-corrected chi connectivity index (χ2v) is 5.83. The van der Waals surface area contributed by atoms with Gasteiger partial charge in [0, 0.05) is 0 Å². The van der Waals surface area contributed by atoms with Gasteiger partial charge in [-0.25, -0.2) is 9.18 Å². The zero-order valence-corrected chi connectivity index (χ0v) is 13.3. The van der Waals surface area contributed by atoms with E-state index in [4.69, 9.17) is 10.5 Å². The number of nitrogens with two attached hydrogens (primary N) is 1. The van der Waals surface area contributed by atoms with Crippen molar-refractivity contribution in [2.24, 2.45) is 5.73 Å². The minimum Gasteiger partial charge on any atom is -0.465 e. The normalized spacial score (nSPS) is 19.6. The largest absolute Gasteiger partial charge is 0.465 e. The van der Waals surface area contributed by atoms with E-state index in [0.29, 0.717) is 24.3 Å². The topological polar surface area (TPSA) is 92.9 Å². The highest BCUT2D eigenvalue weighted by Crippen LogP contribution is 2.37. The molecule has 2 aromatic rings. The minimum atomic E-state index is -1.17. The molecule has 6 nitrogen and oxygen atoms in total. The van der Waals surface area contributed by atoms with Crippen LogP contribution in [0.5, 0.6) is 11.5 Å². The fourth-order valence-corrected chi connectivity index (χ4v) is 3.08. The number of primary amides is 1. The maximum atomic E-state index is 12.9. The van der Waals surface area contributed by atoms with E-state index in [1.165, 1.54) is 24.3 Å². The number of hydrogen-bond donors (Lipinski definition) is 2. The Labute approximate surface area is 143 Å². The Hall–Kier alpha value is -3.09. The average molecular weight is 344 g/mol. The van der Waals surface area contributed by atoms with Crippen LogP contribution in [-0.2, 0) is 4.79 Å². The molecule has 0 unspecified atom stereocenters. The number of benzene rings is 2. The van der Waals surface area contributed by atoms with Gasteiger partial charge < -0.3 is 15.6 Å². The number of halogens is 1. The highest BCUT2D eigenvalue weighted by molar-refractivity contribution is 5.84. The van der Waals surface area contributed by atoms with Crippen molar-refractivity contribution in [3.8, 4) is 11.5 Å². The summed E-state index contributed by atoms with van der Waals surface area (Å²) in [5, 5.41) is 9.40. The molecule has 1 fully saturated rings. The van der Waals surface area contributed by atoms with E-state index >= 15 is 0 Å². The number of carbonyl (C=O) groups excluding carboxylic acids is 1. The van der Waals surface area contributed by atoms with Gasteiger partial charge >= 0.3 is 6.09 Å². The number of amides is 2. The summed E-state index contributed by atoms with van der Waals surface area (Å²) in [4.78, 5) is 24.1. The maximum absolute atomic E-state index is 12.9. The first-order valence-corrected chi connectivity index (χ1v) is 7.79. The van der Waals surface area contributed by atoms with E-state index in [-0.39, 0.29) is 5.82 Å². The zero-order valence-electron chi connectivity index (χ0n) is 13.3. The number of hydrogen-bond acceptors (Lipinski definition) is 3. The molecule has 1 saturated heterocycles. The van der Waals surface area contributed by atoms with Crippen LogP contribution in [0.2, 0.25) is 0 Å². The lowest BCUT2D eigenvalue weighted by molar-refractivity contribution is -0.122. The molecule has 0 radical (unpaired) electrons. The molecule has 0 bridgehead atoms. The third-order valence-electron chi connectivity index (χ3n) is 4.25. The van der Waals surface area contributed by atoms with Gasteiger partial charge in [0.1, 0.15) is 23.4 Å². The summed E-state index contributed by atoms with van der Waals surface area (Å²) in [5.41, 5.74) is 6.06. The number of ether oxygens (including phenoxy) is 1. The van der Waals surface area contributed by atoms with Crippen molar-refractivity contribution in [3.05, 3.63) is 59.9 Å². The summed E-state index contributed by atoms with van der Waals surface area (Å²) in [6.45, 7) is 0. The van der Waals surface area contributed by atoms with Gasteiger partial charge in [0.2, 0.25) is 5.91 Å². The average Bonchev–Trinajstić information content (AvgIpc) is 3.03. The molecule has 1 aliphatic heterocycles. The van der Waals surface area contributed by atoms with Gasteiger partial charge in [-0.15, -0.1) is 0 Å². The first kappa shape index (κ1) is 16.8. The summed E-state index contributed by atoms with van der Waals surface area (Å²) in [6.07, 6.45) is -0.240. The lowest BCUT2D eigenvalue weighted by atomic mass is 10.0. The number of nitrogens with zero attached hydrogens (tertiary/aromatic N) is 1. The van der Waals surface area contributed by atoms with Gasteiger partial charge in [0.05, 0.1) is 6.04 Å². The van der Waals surface area contributed by atoms with E-state index in [1.54, 1.807) is 24.3 Å². The van der Waals surface area contributed by atoms with Crippen LogP contribution in [0.1, 0.15) is 24.4 Å². The fraction of sp³-hybridized carbons (Fsp3) is 0.222. The highest BCUT2D eigenvalue weighted by atomic mass is 19.1. The van der Waals surface area contributed by atoms with E-state index in [2.05, 4.69) is 0 Å². The van der Waals surface area contributed by atoms with E-state index in [9.17, 15) is 19.1 Å². The molecule has 0 aromatic heterocycles. The third-order valence-corrected chi connectivity index (χ3v) is 4.25. The Balaban J connectivity index is 1.76. The first-order valence-electron chi connectivity index (χ1n) is 7.79. The summed E-state index contributed by atoms with van der Waals surface area (Å²) in [7, 11) is 0. The van der Waals surface area contributed by atoms with E-state index in [0.717, 1.165) is 10.5 Å². The molecule has 3 rings (SSSR count). The smallest absolute Gasteiger partial charge is 0.408 e. The second-order valence-electron chi connectivity index (χ2n) is 5.83. The Kier molecular flexibility index (Phi) is 4.56. The van der Waals surface area contributed by atoms with Gasteiger partial charge in [-0.3, -0.25) is 9.69 Å². The number of carbonyl (C=O) groups is 2. The number of carboxylic acid groups (broad SMARTS) is 1. The predicted molar refractivity (Wildman–Crippen MR) is 87.7 cm³/mol. The first-order chi connectivity index (χ1) is 12.0. The van der Waals surface area contributed by atoms with Gasteiger partial charge in [0.25, 0.3) is 0 Å². The minimum absolute atomic E-state index is 0.346. The Bertz CT molecular complexity index is 777. The molecule has 1 aliphatic rings. The molecular formula is C18H17FN2O4. The lowest BCUT2D eigenvalue weighted by Crippen LogP contribution is -2.44. The van der Waals surface area contributed by atoms with E-state index in [1.807, 2.05) is 0 Å². The Morgan fingerprint density at radius 3 is 2.12 bits per heavy atom. The molecule has 3 N–H and O–H groups in total. The van der Waals surface area contributed by atoms with Gasteiger partial charge in [-0.2, -0.15) is 0 Å². The molecular weight excluding hydrogens is 327 g/mol. The van der Waals surface area contributed by atoms with Crippen LogP contribution in [0, 0.1) is 5.82 Å². The maximum Gasteiger partial charge on any atom is 0.408 e. The second kappa shape index (κ2) is 6.80. The molecule has 130 valence electrons. The van der Waals surface area contributed by atoms with Crippen LogP contribution in [0.15, 0.2) is 48.5 Å². The summed E-state index contributed by atoms with van der Waals surface area (Å²) < 4.78 is 18.5. The SMILES string of the molecule is NC(=O)[C@@H]1CC[C@H](c2ccc(Oc3ccc(F)cc3)cc2)N1C(=O)O. The van der Waals surface area contributed by atoms with Crippen molar-refractivity contribution in [1.29, 1.82) is 0 Å². The Morgan fingerprint density at radius 2 is 1.60 bits per heavy atom. The summed E-state index contributed by atoms with van der Waals surface area (Å²) in [6, 6.07) is 11.3. The van der Waals surface area contributed by atoms with Crippen LogP contribution in [0.4, 0.5) is 9.18 Å². The highest BCUT2D eigenvalue weighted by Gasteiger charge is 2.40. The summed E-state index contributed by atoms with van der Waals surface area (Å²) >= 11 is 0. The van der Waals surface area contributed by atoms with Crippen LogP contribution >= 0.6 is 0 Å². The Morgan fingerprint density at radius 1 is 1.04 bits per heavy atom. The van der Waals surface area contributed by atoms with Gasteiger partial charge in [-0.05, 0) is 54.8 Å². The molecule has 25 heavy (non-hydrogen) atoms. The monoisotopic (exact) mass is 344 g/mol. The van der Waals surface area contributed by atoms with Crippen molar-refractivity contribution in [1.82, 2.24) is 4.90 Å².